The van der Waals surface area contributed by atoms with Crippen LogP contribution in [0, 0.1) is 5.41 Å². The molecule has 4 saturated carbocycles. The molecule has 3 heteroatoms. The van der Waals surface area contributed by atoms with Crippen molar-refractivity contribution in [2.75, 3.05) is 11.9 Å². The number of nitrogens with one attached hydrogen (secondary N) is 1. The molecular weight excluding hydrogens is 238 g/mol. The fraction of sp³-hybridized carbons (Fsp3) is 0.562. The highest BCUT2D eigenvalue weighted by atomic mass is 16.3. The van der Waals surface area contributed by atoms with Gasteiger partial charge in [-0.05, 0) is 60.1 Å². The number of aliphatic hydroxyl groups excluding tert-OH is 1. The zero-order chi connectivity index (χ0) is 12.9. The maximum absolute atomic E-state index is 12.2. The average molecular weight is 255 g/mol. The van der Waals surface area contributed by atoms with Gasteiger partial charge < -0.3 is 10.4 Å². The third-order valence-electron chi connectivity index (χ3n) is 6.02. The lowest BCUT2D eigenvalue weighted by Gasteiger charge is -2.71. The van der Waals surface area contributed by atoms with E-state index in [1.165, 1.54) is 11.1 Å². The normalized spacial score (nSPS) is 39.3. The van der Waals surface area contributed by atoms with Gasteiger partial charge in [-0.2, -0.15) is 0 Å². The number of aliphatic hydroxyl groups is 1. The van der Waals surface area contributed by atoms with Crippen molar-refractivity contribution in [2.24, 2.45) is 5.41 Å². The SMILES string of the molecule is O=C1Nc2cccc(C34CC(CO)(C3)C4)c2C12CC2. The van der Waals surface area contributed by atoms with Crippen LogP contribution in [-0.2, 0) is 15.6 Å². The summed E-state index contributed by atoms with van der Waals surface area (Å²) in [5.74, 6) is 0.207. The van der Waals surface area contributed by atoms with Crippen LogP contribution in [0.25, 0.3) is 0 Å². The molecule has 0 unspecified atom stereocenters. The number of fused-ring (bicyclic) bond motifs is 2. The van der Waals surface area contributed by atoms with Crippen LogP contribution < -0.4 is 5.32 Å². The Morgan fingerprint density at radius 2 is 1.95 bits per heavy atom. The van der Waals surface area contributed by atoms with Crippen LogP contribution in [0.1, 0.15) is 43.2 Å². The van der Waals surface area contributed by atoms with Crippen molar-refractivity contribution in [1.82, 2.24) is 0 Å². The summed E-state index contributed by atoms with van der Waals surface area (Å²) in [7, 11) is 0. The Kier molecular flexibility index (Phi) is 1.50. The molecule has 98 valence electrons. The summed E-state index contributed by atoms with van der Waals surface area (Å²) in [5.41, 5.74) is 4.05. The number of hydrogen-bond donors (Lipinski definition) is 2. The van der Waals surface area contributed by atoms with Gasteiger partial charge in [0.1, 0.15) is 0 Å². The summed E-state index contributed by atoms with van der Waals surface area (Å²) < 4.78 is 0. The number of anilines is 1. The minimum Gasteiger partial charge on any atom is -0.396 e. The molecule has 1 aliphatic heterocycles. The van der Waals surface area contributed by atoms with Gasteiger partial charge in [-0.15, -0.1) is 0 Å². The van der Waals surface area contributed by atoms with E-state index in [2.05, 4.69) is 17.4 Å². The second-order valence-electron chi connectivity index (χ2n) is 7.23. The summed E-state index contributed by atoms with van der Waals surface area (Å²) in [4.78, 5) is 12.2. The molecular formula is C16H17NO2. The number of rotatable bonds is 2. The number of amides is 1. The van der Waals surface area contributed by atoms with Gasteiger partial charge in [0.25, 0.3) is 0 Å². The zero-order valence-corrected chi connectivity index (χ0v) is 10.8. The van der Waals surface area contributed by atoms with E-state index in [9.17, 15) is 9.90 Å². The summed E-state index contributed by atoms with van der Waals surface area (Å²) in [5, 5.41) is 12.5. The number of hydrogen-bond acceptors (Lipinski definition) is 2. The van der Waals surface area contributed by atoms with Crippen molar-refractivity contribution in [3.8, 4) is 0 Å². The molecule has 0 saturated heterocycles. The van der Waals surface area contributed by atoms with Gasteiger partial charge in [0.15, 0.2) is 0 Å². The van der Waals surface area contributed by atoms with Gasteiger partial charge in [0, 0.05) is 12.3 Å². The Morgan fingerprint density at radius 1 is 1.21 bits per heavy atom. The molecule has 1 aromatic carbocycles. The molecule has 0 atom stereocenters. The largest absolute Gasteiger partial charge is 0.396 e. The van der Waals surface area contributed by atoms with Gasteiger partial charge in [-0.1, -0.05) is 12.1 Å². The van der Waals surface area contributed by atoms with Crippen molar-refractivity contribution >= 4 is 11.6 Å². The summed E-state index contributed by atoms with van der Waals surface area (Å²) in [6.45, 7) is 0.325. The molecule has 19 heavy (non-hydrogen) atoms. The molecule has 6 rings (SSSR count). The Labute approximate surface area is 112 Å². The smallest absolute Gasteiger partial charge is 0.235 e. The quantitative estimate of drug-likeness (QED) is 0.850. The standard InChI is InChI=1S/C16H17NO2/c18-9-14-6-15(7-14,8-14)10-2-1-3-11-12(10)16(4-5-16)13(19)17-11/h1-3,18H,4-9H2,(H,17,19). The molecule has 3 nitrogen and oxygen atoms in total. The third kappa shape index (κ3) is 0.971. The van der Waals surface area contributed by atoms with E-state index in [4.69, 9.17) is 0 Å². The van der Waals surface area contributed by atoms with E-state index in [-0.39, 0.29) is 22.2 Å². The number of benzene rings is 1. The highest BCUT2D eigenvalue weighted by Crippen LogP contribution is 2.75. The van der Waals surface area contributed by atoms with Crippen molar-refractivity contribution in [2.45, 2.75) is 42.9 Å². The van der Waals surface area contributed by atoms with E-state index >= 15 is 0 Å². The van der Waals surface area contributed by atoms with Gasteiger partial charge in [0.2, 0.25) is 5.91 Å². The maximum atomic E-state index is 12.2. The van der Waals surface area contributed by atoms with Crippen molar-refractivity contribution in [3.63, 3.8) is 0 Å². The Morgan fingerprint density at radius 3 is 2.58 bits per heavy atom. The predicted molar refractivity (Wildman–Crippen MR) is 71.0 cm³/mol. The fourth-order valence-electron chi connectivity index (χ4n) is 5.02. The van der Waals surface area contributed by atoms with E-state index < -0.39 is 0 Å². The second kappa shape index (κ2) is 2.73. The zero-order valence-electron chi connectivity index (χ0n) is 10.8. The van der Waals surface area contributed by atoms with Crippen molar-refractivity contribution in [1.29, 1.82) is 0 Å². The molecule has 0 aromatic heterocycles. The van der Waals surface area contributed by atoms with Crippen LogP contribution in [0.2, 0.25) is 0 Å². The minimum absolute atomic E-state index is 0.187. The first-order valence-corrected chi connectivity index (χ1v) is 7.20. The van der Waals surface area contributed by atoms with E-state index in [0.29, 0.717) is 6.61 Å². The third-order valence-corrected chi connectivity index (χ3v) is 6.02. The average Bonchev–Trinajstić information content (AvgIpc) is 3.02. The van der Waals surface area contributed by atoms with Crippen LogP contribution in [0.15, 0.2) is 18.2 Å². The van der Waals surface area contributed by atoms with Gasteiger partial charge in [0.05, 0.1) is 5.41 Å². The molecule has 1 heterocycles. The van der Waals surface area contributed by atoms with Crippen LogP contribution in [0.4, 0.5) is 5.69 Å². The van der Waals surface area contributed by atoms with Crippen LogP contribution in [-0.4, -0.2) is 17.6 Å². The van der Waals surface area contributed by atoms with E-state index in [1.54, 1.807) is 0 Å². The number of carbonyl (C=O) groups excluding carboxylic acids is 1. The lowest BCUT2D eigenvalue weighted by molar-refractivity contribution is -0.168. The predicted octanol–water partition coefficient (Wildman–Crippen LogP) is 2.08. The highest BCUT2D eigenvalue weighted by molar-refractivity contribution is 6.09. The molecule has 4 fully saturated rings. The Balaban J connectivity index is 1.64. The van der Waals surface area contributed by atoms with Gasteiger partial charge in [-0.25, -0.2) is 0 Å². The monoisotopic (exact) mass is 255 g/mol. The molecule has 2 bridgehead atoms. The Hall–Kier alpha value is -1.35. The first-order chi connectivity index (χ1) is 9.13. The van der Waals surface area contributed by atoms with E-state index in [0.717, 1.165) is 37.8 Å². The molecule has 2 N–H and O–H groups in total. The number of carbonyl (C=O) groups is 1. The lowest BCUT2D eigenvalue weighted by atomic mass is 9.33. The molecule has 1 spiro atoms. The first kappa shape index (κ1) is 10.4. The second-order valence-corrected chi connectivity index (χ2v) is 7.23. The first-order valence-electron chi connectivity index (χ1n) is 7.20. The minimum atomic E-state index is -0.187. The molecule has 1 aromatic rings. The van der Waals surface area contributed by atoms with E-state index in [1.807, 2.05) is 6.07 Å². The van der Waals surface area contributed by atoms with Crippen LogP contribution >= 0.6 is 0 Å². The van der Waals surface area contributed by atoms with Crippen molar-refractivity contribution in [3.05, 3.63) is 29.3 Å². The summed E-state index contributed by atoms with van der Waals surface area (Å²) in [6.07, 6.45) is 5.33. The van der Waals surface area contributed by atoms with Gasteiger partial charge >= 0.3 is 0 Å². The highest BCUT2D eigenvalue weighted by Gasteiger charge is 2.70. The van der Waals surface area contributed by atoms with Crippen LogP contribution in [0.5, 0.6) is 0 Å². The molecule has 1 amide bonds. The summed E-state index contributed by atoms with van der Waals surface area (Å²) in [6, 6.07) is 6.33. The lowest BCUT2D eigenvalue weighted by Crippen LogP contribution is -2.66. The van der Waals surface area contributed by atoms with Gasteiger partial charge in [-0.3, -0.25) is 4.79 Å². The van der Waals surface area contributed by atoms with Crippen LogP contribution in [0.3, 0.4) is 0 Å². The topological polar surface area (TPSA) is 49.3 Å². The van der Waals surface area contributed by atoms with Crippen molar-refractivity contribution < 1.29 is 9.90 Å². The summed E-state index contributed by atoms with van der Waals surface area (Å²) >= 11 is 0. The maximum Gasteiger partial charge on any atom is 0.235 e. The molecule has 0 radical (unpaired) electrons. The molecule has 4 aliphatic carbocycles. The fourth-order valence-corrected chi connectivity index (χ4v) is 5.02. The Bertz CT molecular complexity index is 610. The molecule has 5 aliphatic rings.